The number of nitrogens with zero attached hydrogens (tertiary/aromatic N) is 1. The third kappa shape index (κ3) is 7.24. The fourth-order valence-electron chi connectivity index (χ4n) is 4.75. The van der Waals surface area contributed by atoms with Crippen LogP contribution in [0.5, 0.6) is 0 Å². The summed E-state index contributed by atoms with van der Waals surface area (Å²) in [5.74, 6) is 0.154. The van der Waals surface area contributed by atoms with Crippen LogP contribution in [0.4, 0.5) is 0 Å². The second-order valence-corrected chi connectivity index (χ2v) is 13.0. The molecule has 0 heterocycles. The van der Waals surface area contributed by atoms with Gasteiger partial charge in [-0.2, -0.15) is 0 Å². The van der Waals surface area contributed by atoms with Gasteiger partial charge in [0.25, 0.3) is 0 Å². The van der Waals surface area contributed by atoms with Crippen LogP contribution in [-0.4, -0.2) is 50.2 Å². The van der Waals surface area contributed by atoms with E-state index in [0.717, 1.165) is 51.6 Å². The second kappa shape index (κ2) is 14.0. The summed E-state index contributed by atoms with van der Waals surface area (Å²) >= 11 is 0. The number of nitrogens with two attached hydrogens (primary N) is 1. The van der Waals surface area contributed by atoms with Crippen molar-refractivity contribution < 1.29 is 4.79 Å². The molecule has 3 aromatic rings. The maximum absolute atomic E-state index is 12.6. The summed E-state index contributed by atoms with van der Waals surface area (Å²) in [6.45, 7) is 3.44. The van der Waals surface area contributed by atoms with Gasteiger partial charge in [0.1, 0.15) is 0 Å². The van der Waals surface area contributed by atoms with Gasteiger partial charge in [0.2, 0.25) is 0 Å². The van der Waals surface area contributed by atoms with Crippen molar-refractivity contribution in [3.05, 3.63) is 91.0 Å². The number of carbonyl (C=O) groups excluding carboxylic acids is 1. The minimum absolute atomic E-state index is 0.154. The van der Waals surface area contributed by atoms with E-state index in [1.165, 1.54) is 15.9 Å². The molecule has 182 valence electrons. The van der Waals surface area contributed by atoms with Crippen LogP contribution in [0.15, 0.2) is 91.0 Å². The van der Waals surface area contributed by atoms with Crippen molar-refractivity contribution in [3.63, 3.8) is 0 Å². The Bertz CT molecular complexity index is 870. The molecular formula is C29H40N3OP. The van der Waals surface area contributed by atoms with Gasteiger partial charge in [-0.3, -0.25) is 0 Å². The van der Waals surface area contributed by atoms with E-state index in [1.807, 2.05) is 0 Å². The molecule has 3 rings (SSSR count). The van der Waals surface area contributed by atoms with Crippen molar-refractivity contribution in [2.24, 2.45) is 5.73 Å². The molecule has 0 unspecified atom stereocenters. The Morgan fingerprint density at radius 3 is 1.71 bits per heavy atom. The molecule has 0 fully saturated rings. The van der Waals surface area contributed by atoms with Crippen LogP contribution in [0, 0.1) is 0 Å². The van der Waals surface area contributed by atoms with Crippen LogP contribution in [0.25, 0.3) is 0 Å². The quantitative estimate of drug-likeness (QED) is 0.277. The molecule has 34 heavy (non-hydrogen) atoms. The Kier molecular flexibility index (Phi) is 10.8. The van der Waals surface area contributed by atoms with Gasteiger partial charge in [-0.1, -0.05) is 0 Å². The molecule has 3 aromatic carbocycles. The van der Waals surface area contributed by atoms with Crippen LogP contribution in [0.2, 0.25) is 0 Å². The van der Waals surface area contributed by atoms with E-state index >= 15 is 0 Å². The molecule has 0 aliphatic carbocycles. The summed E-state index contributed by atoms with van der Waals surface area (Å²) in [7, 11) is -0.144. The SMILES string of the molecule is CN(CCCN)CCCNC(=O)CCC[PH](c1ccccc1)(c1ccccc1)c1ccccc1. The first kappa shape index (κ1) is 26.1. The predicted molar refractivity (Wildman–Crippen MR) is 149 cm³/mol. The van der Waals surface area contributed by atoms with Crippen LogP contribution in [0.3, 0.4) is 0 Å². The zero-order chi connectivity index (χ0) is 24.1. The summed E-state index contributed by atoms with van der Waals surface area (Å²) in [4.78, 5) is 14.9. The second-order valence-electron chi connectivity index (χ2n) is 9.01. The van der Waals surface area contributed by atoms with E-state index in [-0.39, 0.29) is 5.91 Å². The summed E-state index contributed by atoms with van der Waals surface area (Å²) in [6, 6.07) is 32.7. The molecule has 0 spiro atoms. The van der Waals surface area contributed by atoms with Crippen molar-refractivity contribution in [2.75, 3.05) is 39.4 Å². The number of benzene rings is 3. The molecule has 0 atom stereocenters. The van der Waals surface area contributed by atoms with Crippen LogP contribution < -0.4 is 27.0 Å². The third-order valence-electron chi connectivity index (χ3n) is 6.54. The minimum atomic E-state index is -2.25. The van der Waals surface area contributed by atoms with E-state index in [4.69, 9.17) is 5.73 Å². The molecule has 1 amide bonds. The fraction of sp³-hybridized carbons (Fsp3) is 0.345. The van der Waals surface area contributed by atoms with Crippen molar-refractivity contribution in [2.45, 2.75) is 25.7 Å². The van der Waals surface area contributed by atoms with E-state index in [0.29, 0.717) is 6.42 Å². The van der Waals surface area contributed by atoms with Crippen LogP contribution in [-0.2, 0) is 4.79 Å². The predicted octanol–water partition coefficient (Wildman–Crippen LogP) is 3.28. The number of hydrogen-bond acceptors (Lipinski definition) is 3. The average molecular weight is 478 g/mol. The van der Waals surface area contributed by atoms with Crippen molar-refractivity contribution in [1.29, 1.82) is 0 Å². The first-order valence-corrected chi connectivity index (χ1v) is 14.7. The van der Waals surface area contributed by atoms with Gasteiger partial charge in [0.15, 0.2) is 0 Å². The molecule has 0 aliphatic rings. The van der Waals surface area contributed by atoms with Gasteiger partial charge in [0.05, 0.1) is 0 Å². The monoisotopic (exact) mass is 477 g/mol. The average Bonchev–Trinajstić information content (AvgIpc) is 2.89. The third-order valence-corrected chi connectivity index (χ3v) is 11.6. The number of rotatable bonds is 14. The Labute approximate surface area is 205 Å². The molecule has 3 N–H and O–H groups in total. The Hall–Kier alpha value is -2.52. The van der Waals surface area contributed by atoms with E-state index < -0.39 is 7.26 Å². The molecule has 0 aliphatic heterocycles. The molecule has 5 heteroatoms. The van der Waals surface area contributed by atoms with Gasteiger partial charge in [-0.25, -0.2) is 0 Å². The van der Waals surface area contributed by atoms with Gasteiger partial charge in [-0.15, -0.1) is 0 Å². The molecule has 0 saturated heterocycles. The summed E-state index contributed by atoms with van der Waals surface area (Å²) in [5.41, 5.74) is 5.58. The molecule has 0 bridgehead atoms. The molecule has 0 saturated carbocycles. The molecular weight excluding hydrogens is 437 g/mol. The van der Waals surface area contributed by atoms with Crippen LogP contribution >= 0.6 is 7.26 Å². The number of amides is 1. The van der Waals surface area contributed by atoms with Crippen molar-refractivity contribution in [1.82, 2.24) is 10.2 Å². The van der Waals surface area contributed by atoms with Gasteiger partial charge >= 0.3 is 200 Å². The first-order chi connectivity index (χ1) is 16.7. The Morgan fingerprint density at radius 1 is 0.765 bits per heavy atom. The van der Waals surface area contributed by atoms with Gasteiger partial charge < -0.3 is 5.73 Å². The number of nitrogens with one attached hydrogen (secondary N) is 1. The zero-order valence-electron chi connectivity index (χ0n) is 20.5. The van der Waals surface area contributed by atoms with Crippen molar-refractivity contribution >= 4 is 29.1 Å². The fourth-order valence-corrected chi connectivity index (χ4v) is 9.61. The van der Waals surface area contributed by atoms with Crippen molar-refractivity contribution in [3.8, 4) is 0 Å². The van der Waals surface area contributed by atoms with E-state index in [9.17, 15) is 4.79 Å². The normalized spacial score (nSPS) is 12.0. The molecule has 4 nitrogen and oxygen atoms in total. The zero-order valence-corrected chi connectivity index (χ0v) is 21.5. The number of carbonyl (C=O) groups is 1. The maximum atomic E-state index is 12.6. The summed E-state index contributed by atoms with van der Waals surface area (Å²) in [5, 5.41) is 7.31. The van der Waals surface area contributed by atoms with Gasteiger partial charge in [-0.05, 0) is 0 Å². The standard InChI is InChI=1S/C29H40N3OP/c1-32(23-12-21-30)24-13-22-31-29(33)20-11-25-34(26-14-5-2-6-15-26,27-16-7-3-8-17-27)28-18-9-4-10-19-28/h2-10,14-19,34H,11-13,20-25,30H2,1H3,(H,31,33). The first-order valence-electron chi connectivity index (χ1n) is 12.5. The molecule has 0 aromatic heterocycles. The Balaban J connectivity index is 1.68. The molecule has 0 radical (unpaired) electrons. The summed E-state index contributed by atoms with van der Waals surface area (Å²) in [6.07, 6.45) is 4.40. The number of hydrogen-bond donors (Lipinski definition) is 2. The van der Waals surface area contributed by atoms with E-state index in [1.54, 1.807) is 0 Å². The van der Waals surface area contributed by atoms with Crippen LogP contribution in [0.1, 0.15) is 25.7 Å². The Morgan fingerprint density at radius 2 is 1.24 bits per heavy atom. The van der Waals surface area contributed by atoms with Gasteiger partial charge in [0, 0.05) is 0 Å². The topological polar surface area (TPSA) is 58.4 Å². The summed E-state index contributed by atoms with van der Waals surface area (Å²) < 4.78 is 0. The van der Waals surface area contributed by atoms with E-state index in [2.05, 4.69) is 108 Å².